The molecule has 0 fully saturated rings. The van der Waals surface area contributed by atoms with Crippen molar-refractivity contribution in [3.63, 3.8) is 0 Å². The molecule has 0 aromatic rings. The van der Waals surface area contributed by atoms with Gasteiger partial charge in [0, 0.05) is 6.26 Å². The molecule has 0 bridgehead atoms. The van der Waals surface area contributed by atoms with E-state index in [0.29, 0.717) is 0 Å². The first-order valence-electron chi connectivity index (χ1n) is 3.66. The van der Waals surface area contributed by atoms with Crippen molar-refractivity contribution in [3.8, 4) is 0 Å². The van der Waals surface area contributed by atoms with Crippen LogP contribution in [0.25, 0.3) is 0 Å². The summed E-state index contributed by atoms with van der Waals surface area (Å²) in [7, 11) is -3.48. The van der Waals surface area contributed by atoms with E-state index in [1.165, 1.54) is 0 Å². The van der Waals surface area contributed by atoms with E-state index in [9.17, 15) is 13.5 Å². The highest BCUT2D eigenvalue weighted by Crippen LogP contribution is 2.41. The Kier molecular flexibility index (Phi) is 4.10. The molecule has 1 N–H and O–H groups in total. The zero-order chi connectivity index (χ0) is 11.1. The van der Waals surface area contributed by atoms with Crippen molar-refractivity contribution in [1.82, 2.24) is 0 Å². The summed E-state index contributed by atoms with van der Waals surface area (Å²) < 4.78 is 20.8. The molecule has 6 heteroatoms. The molecular formula is C7H14ClIO3S. The molecule has 0 radical (unpaired) electrons. The smallest absolute Gasteiger partial charge is 0.221 e. The van der Waals surface area contributed by atoms with Crippen LogP contribution in [0, 0.1) is 5.41 Å². The first-order chi connectivity index (χ1) is 5.40. The van der Waals surface area contributed by atoms with Crippen molar-refractivity contribution >= 4 is 44.0 Å². The Labute approximate surface area is 97.9 Å². The quantitative estimate of drug-likeness (QED) is 0.616. The molecule has 0 spiro atoms. The summed E-state index contributed by atoms with van der Waals surface area (Å²) in [5.74, 6) is 0. The number of rotatable bonds is 2. The maximum Gasteiger partial charge on any atom is 0.221 e. The summed E-state index contributed by atoms with van der Waals surface area (Å²) in [4.78, 5) is 0. The largest absolute Gasteiger partial charge is 0.389 e. The Bertz CT molecular complexity index is 279. The van der Waals surface area contributed by atoms with Gasteiger partial charge in [0.1, 0.15) is 6.10 Å². The SMILES string of the molecule is CC(C)(C)[C@H](O)[C@](Cl)(I)S(C)(=O)=O. The van der Waals surface area contributed by atoms with Crippen LogP contribution in [0.2, 0.25) is 0 Å². The van der Waals surface area contributed by atoms with Gasteiger partial charge >= 0.3 is 0 Å². The Morgan fingerprint density at radius 2 is 1.69 bits per heavy atom. The molecule has 0 aromatic heterocycles. The fraction of sp³-hybridized carbons (Fsp3) is 1.00. The number of sulfone groups is 1. The van der Waals surface area contributed by atoms with E-state index in [1.54, 1.807) is 43.4 Å². The van der Waals surface area contributed by atoms with Crippen LogP contribution in [0.4, 0.5) is 0 Å². The number of aliphatic hydroxyl groups is 1. The van der Waals surface area contributed by atoms with Gasteiger partial charge in [0.15, 0.2) is 9.84 Å². The van der Waals surface area contributed by atoms with Gasteiger partial charge in [0.25, 0.3) is 0 Å². The molecule has 0 aliphatic carbocycles. The van der Waals surface area contributed by atoms with Gasteiger partial charge in [0.2, 0.25) is 2.21 Å². The molecule has 3 nitrogen and oxygen atoms in total. The van der Waals surface area contributed by atoms with E-state index in [2.05, 4.69) is 0 Å². The summed E-state index contributed by atoms with van der Waals surface area (Å²) in [5.41, 5.74) is -0.563. The van der Waals surface area contributed by atoms with Gasteiger partial charge < -0.3 is 5.11 Å². The highest BCUT2D eigenvalue weighted by Gasteiger charge is 2.48. The second kappa shape index (κ2) is 3.83. The monoisotopic (exact) mass is 340 g/mol. The molecule has 2 atom stereocenters. The topological polar surface area (TPSA) is 54.4 Å². The third-order valence-electron chi connectivity index (χ3n) is 1.63. The summed E-state index contributed by atoms with van der Waals surface area (Å²) in [6.45, 7) is 5.20. The lowest BCUT2D eigenvalue weighted by Crippen LogP contribution is -2.45. The van der Waals surface area contributed by atoms with Gasteiger partial charge in [-0.05, 0) is 28.0 Å². The lowest BCUT2D eigenvalue weighted by molar-refractivity contribution is 0.0713. The van der Waals surface area contributed by atoms with Crippen LogP contribution in [-0.2, 0) is 9.84 Å². The molecule has 13 heavy (non-hydrogen) atoms. The van der Waals surface area contributed by atoms with Crippen LogP contribution in [0.15, 0.2) is 0 Å². The molecule has 80 valence electrons. The van der Waals surface area contributed by atoms with Crippen LogP contribution >= 0.6 is 34.2 Å². The van der Waals surface area contributed by atoms with Crippen molar-refractivity contribution in [3.05, 3.63) is 0 Å². The Hall–Kier alpha value is 0.930. The van der Waals surface area contributed by atoms with Crippen molar-refractivity contribution in [1.29, 1.82) is 0 Å². The Morgan fingerprint density at radius 1 is 1.38 bits per heavy atom. The molecule has 0 aliphatic heterocycles. The van der Waals surface area contributed by atoms with Gasteiger partial charge in [-0.3, -0.25) is 0 Å². The van der Waals surface area contributed by atoms with Gasteiger partial charge in [-0.1, -0.05) is 32.4 Å². The van der Waals surface area contributed by atoms with Crippen LogP contribution in [0.5, 0.6) is 0 Å². The minimum Gasteiger partial charge on any atom is -0.389 e. The molecule has 0 saturated heterocycles. The maximum absolute atomic E-state index is 11.2. The van der Waals surface area contributed by atoms with Gasteiger partial charge in [-0.2, -0.15) is 0 Å². The predicted molar refractivity (Wildman–Crippen MR) is 62.9 cm³/mol. The van der Waals surface area contributed by atoms with Crippen LogP contribution in [0.1, 0.15) is 20.8 Å². The lowest BCUT2D eigenvalue weighted by atomic mass is 9.90. The highest BCUT2D eigenvalue weighted by molar-refractivity contribution is 14.1. The third kappa shape index (κ3) is 3.21. The minimum absolute atomic E-state index is 0.563. The van der Waals surface area contributed by atoms with Gasteiger partial charge in [-0.15, -0.1) is 0 Å². The van der Waals surface area contributed by atoms with Crippen molar-refractivity contribution in [2.24, 2.45) is 5.41 Å². The van der Waals surface area contributed by atoms with Crippen LogP contribution < -0.4 is 0 Å². The number of halogens is 2. The first-order valence-corrected chi connectivity index (χ1v) is 7.01. The van der Waals surface area contributed by atoms with E-state index in [1.807, 2.05) is 0 Å². The van der Waals surface area contributed by atoms with E-state index in [-0.39, 0.29) is 0 Å². The molecule has 0 rings (SSSR count). The third-order valence-corrected chi connectivity index (χ3v) is 6.88. The van der Waals surface area contributed by atoms with Crippen LogP contribution in [0.3, 0.4) is 0 Å². The van der Waals surface area contributed by atoms with Crippen molar-refractivity contribution < 1.29 is 13.5 Å². The fourth-order valence-electron chi connectivity index (χ4n) is 0.707. The maximum atomic E-state index is 11.2. The summed E-state index contributed by atoms with van der Waals surface area (Å²) in [6, 6.07) is 0. The fourth-order valence-corrected chi connectivity index (χ4v) is 2.73. The molecule has 0 unspecified atom stereocenters. The second-order valence-electron chi connectivity index (χ2n) is 4.10. The van der Waals surface area contributed by atoms with Crippen molar-refractivity contribution in [2.45, 2.75) is 29.1 Å². The minimum atomic E-state index is -3.48. The zero-order valence-electron chi connectivity index (χ0n) is 8.01. The summed E-state index contributed by atoms with van der Waals surface area (Å²) in [5, 5.41) is 9.73. The second-order valence-corrected chi connectivity index (χ2v) is 10.2. The van der Waals surface area contributed by atoms with E-state index in [4.69, 9.17) is 11.6 Å². The van der Waals surface area contributed by atoms with E-state index < -0.39 is 23.6 Å². The molecule has 0 amide bonds. The van der Waals surface area contributed by atoms with Crippen molar-refractivity contribution in [2.75, 3.05) is 6.26 Å². The highest BCUT2D eigenvalue weighted by atomic mass is 127. The Morgan fingerprint density at radius 3 is 1.77 bits per heavy atom. The zero-order valence-corrected chi connectivity index (χ0v) is 11.7. The predicted octanol–water partition coefficient (Wildman–Crippen LogP) is 1.77. The summed E-state index contributed by atoms with van der Waals surface area (Å²) >= 11 is 7.36. The normalized spacial score (nSPS) is 20.8. The lowest BCUT2D eigenvalue weighted by Gasteiger charge is -2.34. The number of hydrogen-bond acceptors (Lipinski definition) is 3. The van der Waals surface area contributed by atoms with Gasteiger partial charge in [0.05, 0.1) is 0 Å². The van der Waals surface area contributed by atoms with Gasteiger partial charge in [-0.25, -0.2) is 8.42 Å². The average molecular weight is 341 g/mol. The average Bonchev–Trinajstić information content (AvgIpc) is 1.81. The molecule has 0 aliphatic rings. The molecule has 0 heterocycles. The molecule has 0 saturated carbocycles. The number of aliphatic hydroxyl groups excluding tert-OH is 1. The van der Waals surface area contributed by atoms with E-state index >= 15 is 0 Å². The molecule has 0 aromatic carbocycles. The Balaban J connectivity index is 5.09. The number of alkyl halides is 2. The van der Waals surface area contributed by atoms with E-state index in [0.717, 1.165) is 6.26 Å². The summed E-state index contributed by atoms with van der Waals surface area (Å²) in [6.07, 6.45) is -0.0984. The molecular weight excluding hydrogens is 326 g/mol. The number of hydrogen-bond donors (Lipinski definition) is 1. The van der Waals surface area contributed by atoms with Crippen LogP contribution in [-0.4, -0.2) is 28.1 Å². The first kappa shape index (κ1) is 13.9. The standard InChI is InChI=1S/C7H14ClIO3S/c1-6(2,3)5(10)7(8,9)13(4,11)12/h5,10H,1-4H3/t5-,7-/m0/s1.